The van der Waals surface area contributed by atoms with Crippen molar-refractivity contribution in [1.29, 1.82) is 0 Å². The maximum atomic E-state index is 13.4. The highest BCUT2D eigenvalue weighted by atomic mass is 79.9. The summed E-state index contributed by atoms with van der Waals surface area (Å²) in [5.74, 6) is -1.02. The van der Waals surface area contributed by atoms with Crippen molar-refractivity contribution in [2.75, 3.05) is 18.4 Å². The van der Waals surface area contributed by atoms with E-state index in [9.17, 15) is 19.2 Å². The number of carbonyl (C=O) groups excluding carboxylic acids is 4. The maximum absolute atomic E-state index is 13.4. The van der Waals surface area contributed by atoms with Gasteiger partial charge in [0.05, 0.1) is 23.4 Å². The number of amides is 4. The van der Waals surface area contributed by atoms with Gasteiger partial charge in [-0.3, -0.25) is 28.8 Å². The molecular formula is C29H33BrN6O4. The molecule has 4 amide bonds. The first-order chi connectivity index (χ1) is 19.2. The minimum Gasteiger partial charge on any atom is -0.380 e. The fraction of sp³-hybridized carbons (Fsp3) is 0.483. The second-order valence-electron chi connectivity index (χ2n) is 11.6. The van der Waals surface area contributed by atoms with Crippen LogP contribution in [0.1, 0.15) is 84.2 Å². The van der Waals surface area contributed by atoms with E-state index in [0.29, 0.717) is 36.3 Å². The van der Waals surface area contributed by atoms with Crippen LogP contribution in [0.3, 0.4) is 0 Å². The summed E-state index contributed by atoms with van der Waals surface area (Å²) in [6, 6.07) is 4.46. The zero-order valence-corrected chi connectivity index (χ0v) is 24.1. The lowest BCUT2D eigenvalue weighted by atomic mass is 9.69. The molecule has 1 aromatic carbocycles. The maximum Gasteiger partial charge on any atom is 0.264 e. The Morgan fingerprint density at radius 3 is 2.60 bits per heavy atom. The number of halogens is 1. The van der Waals surface area contributed by atoms with E-state index in [1.807, 2.05) is 9.58 Å². The summed E-state index contributed by atoms with van der Waals surface area (Å²) in [5.41, 5.74) is 2.45. The number of fused-ring (bicyclic) bond motifs is 1. The Labute approximate surface area is 241 Å². The summed E-state index contributed by atoms with van der Waals surface area (Å²) in [5, 5.41) is 10.6. The highest BCUT2D eigenvalue weighted by molar-refractivity contribution is 9.10. The van der Waals surface area contributed by atoms with Gasteiger partial charge in [0.15, 0.2) is 0 Å². The first-order valence-electron chi connectivity index (χ1n) is 13.9. The van der Waals surface area contributed by atoms with Crippen molar-refractivity contribution in [2.24, 2.45) is 5.41 Å². The molecule has 1 unspecified atom stereocenters. The largest absolute Gasteiger partial charge is 0.380 e. The average molecular weight is 610 g/mol. The third-order valence-electron chi connectivity index (χ3n) is 8.92. The zero-order valence-electron chi connectivity index (χ0n) is 22.5. The third-order valence-corrected chi connectivity index (χ3v) is 9.80. The van der Waals surface area contributed by atoms with Gasteiger partial charge in [-0.25, -0.2) is 0 Å². The summed E-state index contributed by atoms with van der Waals surface area (Å²) in [4.78, 5) is 55.1. The predicted molar refractivity (Wildman–Crippen MR) is 151 cm³/mol. The van der Waals surface area contributed by atoms with Gasteiger partial charge in [0.2, 0.25) is 11.8 Å². The molecule has 1 aliphatic carbocycles. The number of nitrogens with zero attached hydrogens (tertiary/aromatic N) is 4. The molecular weight excluding hydrogens is 576 g/mol. The van der Waals surface area contributed by atoms with Crippen molar-refractivity contribution in [3.63, 3.8) is 0 Å². The molecule has 1 aromatic heterocycles. The molecule has 0 bridgehead atoms. The van der Waals surface area contributed by atoms with Crippen LogP contribution in [0.5, 0.6) is 0 Å². The molecule has 40 heavy (non-hydrogen) atoms. The molecule has 2 saturated heterocycles. The molecule has 0 radical (unpaired) electrons. The molecule has 11 heteroatoms. The number of aromatic nitrogens is 2. The van der Waals surface area contributed by atoms with Gasteiger partial charge >= 0.3 is 0 Å². The lowest BCUT2D eigenvalue weighted by Crippen LogP contribution is -2.51. The molecule has 3 fully saturated rings. The lowest BCUT2D eigenvalue weighted by molar-refractivity contribution is -0.147. The summed E-state index contributed by atoms with van der Waals surface area (Å²) in [6.07, 6.45) is 7.47. The van der Waals surface area contributed by atoms with Crippen molar-refractivity contribution >= 4 is 45.2 Å². The molecule has 210 valence electrons. The quantitative estimate of drug-likeness (QED) is 0.479. The van der Waals surface area contributed by atoms with Crippen LogP contribution in [0, 0.1) is 5.41 Å². The topological polar surface area (TPSA) is 117 Å². The number of piperidine rings is 2. The van der Waals surface area contributed by atoms with Crippen LogP contribution in [-0.4, -0.2) is 62.3 Å². The predicted octanol–water partition coefficient (Wildman–Crippen LogP) is 4.00. The Balaban J connectivity index is 1.12. The standard InChI is InChI=1S/C29H33BrN6O4/c1-17-7-8-22(25(37)33-17)35-26(38)20-5-3-6-21(23(20)27(35)39)31-15-18-16-32-36(24(18)30)19-9-13-34(14-10-19)28(40)29(2)11-4-12-29/h3,5-6,16,19,22,31H,1,4,7-15H2,2H3,(H,33,37). The smallest absolute Gasteiger partial charge is 0.264 e. The molecule has 6 rings (SSSR count). The van der Waals surface area contributed by atoms with E-state index in [4.69, 9.17) is 0 Å². The van der Waals surface area contributed by atoms with Gasteiger partial charge in [0, 0.05) is 42.0 Å². The number of benzene rings is 1. The van der Waals surface area contributed by atoms with Gasteiger partial charge in [0.1, 0.15) is 10.6 Å². The summed E-state index contributed by atoms with van der Waals surface area (Å²) < 4.78 is 2.83. The van der Waals surface area contributed by atoms with Gasteiger partial charge in [-0.2, -0.15) is 5.10 Å². The first-order valence-corrected chi connectivity index (χ1v) is 14.7. The number of nitrogens with one attached hydrogen (secondary N) is 2. The molecule has 10 nitrogen and oxygen atoms in total. The van der Waals surface area contributed by atoms with E-state index >= 15 is 0 Å². The number of hydrogen-bond acceptors (Lipinski definition) is 6. The van der Waals surface area contributed by atoms with Crippen molar-refractivity contribution in [3.05, 3.63) is 58.0 Å². The van der Waals surface area contributed by atoms with Crippen LogP contribution >= 0.6 is 15.9 Å². The number of hydrogen-bond donors (Lipinski definition) is 2. The van der Waals surface area contributed by atoms with Crippen LogP contribution in [0.2, 0.25) is 0 Å². The van der Waals surface area contributed by atoms with Crippen molar-refractivity contribution < 1.29 is 19.2 Å². The summed E-state index contributed by atoms with van der Waals surface area (Å²) in [6.45, 7) is 7.71. The second kappa shape index (κ2) is 10.2. The number of allylic oxidation sites excluding steroid dienone is 1. The Morgan fingerprint density at radius 1 is 1.18 bits per heavy atom. The minimum absolute atomic E-state index is 0.170. The molecule has 2 aromatic rings. The van der Waals surface area contributed by atoms with E-state index < -0.39 is 17.9 Å². The normalized spacial score (nSPS) is 22.7. The van der Waals surface area contributed by atoms with Crippen molar-refractivity contribution in [1.82, 2.24) is 24.9 Å². The monoisotopic (exact) mass is 608 g/mol. The van der Waals surface area contributed by atoms with Crippen LogP contribution in [0.15, 0.2) is 41.3 Å². The molecule has 4 aliphatic rings. The van der Waals surface area contributed by atoms with Gasteiger partial charge in [-0.05, 0) is 66.6 Å². The van der Waals surface area contributed by atoms with Crippen LogP contribution < -0.4 is 10.6 Å². The fourth-order valence-electron chi connectivity index (χ4n) is 6.31. The van der Waals surface area contributed by atoms with E-state index in [2.05, 4.69) is 45.2 Å². The van der Waals surface area contributed by atoms with E-state index in [-0.39, 0.29) is 28.8 Å². The lowest BCUT2D eigenvalue weighted by Gasteiger charge is -2.43. The molecule has 1 atom stereocenters. The van der Waals surface area contributed by atoms with E-state index in [1.165, 1.54) is 0 Å². The van der Waals surface area contributed by atoms with E-state index in [1.54, 1.807) is 24.4 Å². The van der Waals surface area contributed by atoms with Crippen molar-refractivity contribution in [3.8, 4) is 0 Å². The molecule has 4 heterocycles. The number of likely N-dealkylation sites (tertiary alicyclic amines) is 1. The Kier molecular flexibility index (Phi) is 6.80. The van der Waals surface area contributed by atoms with Crippen LogP contribution in [-0.2, 0) is 16.1 Å². The second-order valence-corrected chi connectivity index (χ2v) is 12.3. The van der Waals surface area contributed by atoms with Crippen molar-refractivity contribution in [2.45, 2.75) is 70.5 Å². The molecule has 0 spiro atoms. The highest BCUT2D eigenvalue weighted by Crippen LogP contribution is 2.43. The van der Waals surface area contributed by atoms with E-state index in [0.717, 1.165) is 60.3 Å². The summed E-state index contributed by atoms with van der Waals surface area (Å²) >= 11 is 3.71. The molecule has 3 aliphatic heterocycles. The number of anilines is 1. The Bertz CT molecular complexity index is 1420. The van der Waals surface area contributed by atoms with Gasteiger partial charge in [-0.15, -0.1) is 0 Å². The van der Waals surface area contributed by atoms with Crippen LogP contribution in [0.25, 0.3) is 0 Å². The minimum atomic E-state index is -0.851. The third kappa shape index (κ3) is 4.44. The van der Waals surface area contributed by atoms with Gasteiger partial charge in [-0.1, -0.05) is 26.0 Å². The SMILES string of the molecule is C=C1CCC(N2C(=O)c3cccc(NCc4cnn(C5CCN(C(=O)C6(C)CCC6)CC5)c4Br)c3C2=O)C(=O)N1. The zero-order chi connectivity index (χ0) is 28.2. The highest BCUT2D eigenvalue weighted by Gasteiger charge is 2.45. The molecule has 2 N–H and O–H groups in total. The first kappa shape index (κ1) is 26.7. The van der Waals surface area contributed by atoms with Crippen LogP contribution in [0.4, 0.5) is 5.69 Å². The number of carbonyl (C=O) groups is 4. The average Bonchev–Trinajstić information content (AvgIpc) is 3.42. The molecule has 1 saturated carbocycles. The fourth-order valence-corrected chi connectivity index (χ4v) is 6.93. The van der Waals surface area contributed by atoms with Gasteiger partial charge < -0.3 is 15.5 Å². The number of imide groups is 1. The Hall–Kier alpha value is -3.47. The summed E-state index contributed by atoms with van der Waals surface area (Å²) in [7, 11) is 0. The number of rotatable bonds is 6. The van der Waals surface area contributed by atoms with Gasteiger partial charge in [0.25, 0.3) is 11.8 Å². The Morgan fingerprint density at radius 2 is 1.93 bits per heavy atom.